The Morgan fingerprint density at radius 3 is 2.52 bits per heavy atom. The topological polar surface area (TPSA) is 88.5 Å². The Morgan fingerprint density at radius 2 is 1.90 bits per heavy atom. The molecule has 2 aromatic rings. The van der Waals surface area contributed by atoms with E-state index < -0.39 is 33.0 Å². The molecule has 1 aliphatic carbocycles. The smallest absolute Gasteiger partial charge is 0.372 e. The molecule has 152 valence electrons. The average Bonchev–Trinajstić information content (AvgIpc) is 3.03. The number of carbonyl (C=O) groups excluding carboxylic acids is 1. The van der Waals surface area contributed by atoms with Crippen LogP contribution in [0.2, 0.25) is 0 Å². The summed E-state index contributed by atoms with van der Waals surface area (Å²) in [5, 5.41) is 2.73. The fourth-order valence-corrected chi connectivity index (χ4v) is 5.15. The quantitative estimate of drug-likeness (QED) is 0.760. The number of halogens is 3. The summed E-state index contributed by atoms with van der Waals surface area (Å²) in [5.74, 6) is -0.532. The molecule has 1 unspecified atom stereocenters. The van der Waals surface area contributed by atoms with Crippen molar-refractivity contribution in [1.82, 2.24) is 10.3 Å². The SMILES string of the molecule is CNC1=NC(=O)C2(CCc3c2cccc3S(C)(=O)=O)c2nc(C(F)(F)F)ccc21. The maximum atomic E-state index is 13.4. The van der Waals surface area contributed by atoms with Crippen molar-refractivity contribution in [3.8, 4) is 0 Å². The number of hydrogen-bond donors (Lipinski definition) is 1. The molecule has 0 saturated carbocycles. The molecule has 1 amide bonds. The van der Waals surface area contributed by atoms with Gasteiger partial charge in [0.05, 0.1) is 10.6 Å². The molecule has 4 rings (SSSR count). The molecule has 2 aliphatic rings. The lowest BCUT2D eigenvalue weighted by atomic mass is 9.74. The number of alkyl halides is 3. The molecule has 0 bridgehead atoms. The first-order chi connectivity index (χ1) is 13.5. The summed E-state index contributed by atoms with van der Waals surface area (Å²) in [6, 6.07) is 6.58. The minimum Gasteiger partial charge on any atom is -0.372 e. The molecule has 1 aliphatic heterocycles. The first-order valence-corrected chi connectivity index (χ1v) is 10.6. The maximum Gasteiger partial charge on any atom is 0.433 e. The summed E-state index contributed by atoms with van der Waals surface area (Å²) in [6.45, 7) is 0. The zero-order valence-corrected chi connectivity index (χ0v) is 16.3. The lowest BCUT2D eigenvalue weighted by molar-refractivity contribution is -0.141. The molecule has 0 radical (unpaired) electrons. The van der Waals surface area contributed by atoms with E-state index in [0.29, 0.717) is 11.1 Å². The van der Waals surface area contributed by atoms with Crippen molar-refractivity contribution in [1.29, 1.82) is 0 Å². The average molecular weight is 423 g/mol. The monoisotopic (exact) mass is 423 g/mol. The van der Waals surface area contributed by atoms with Crippen molar-refractivity contribution in [2.24, 2.45) is 4.99 Å². The molecular weight excluding hydrogens is 407 g/mol. The Bertz CT molecular complexity index is 1190. The number of sulfone groups is 1. The summed E-state index contributed by atoms with van der Waals surface area (Å²) < 4.78 is 64.4. The van der Waals surface area contributed by atoms with Crippen LogP contribution in [0.5, 0.6) is 0 Å². The number of amides is 1. The summed E-state index contributed by atoms with van der Waals surface area (Å²) in [5.41, 5.74) is -1.66. The highest BCUT2D eigenvalue weighted by Gasteiger charge is 2.53. The number of amidine groups is 1. The fourth-order valence-electron chi connectivity index (χ4n) is 4.17. The van der Waals surface area contributed by atoms with Gasteiger partial charge in [0.1, 0.15) is 16.9 Å². The number of carbonyl (C=O) groups is 1. The van der Waals surface area contributed by atoms with Gasteiger partial charge in [0.15, 0.2) is 9.84 Å². The number of nitrogens with zero attached hydrogens (tertiary/aromatic N) is 2. The van der Waals surface area contributed by atoms with Gasteiger partial charge >= 0.3 is 6.18 Å². The van der Waals surface area contributed by atoms with Crippen molar-refractivity contribution >= 4 is 21.6 Å². The van der Waals surface area contributed by atoms with Crippen LogP contribution in [0.1, 0.15) is 34.5 Å². The van der Waals surface area contributed by atoms with Crippen molar-refractivity contribution in [2.45, 2.75) is 29.3 Å². The van der Waals surface area contributed by atoms with Crippen LogP contribution < -0.4 is 5.32 Å². The number of benzene rings is 1. The summed E-state index contributed by atoms with van der Waals surface area (Å²) >= 11 is 0. The third-order valence-electron chi connectivity index (χ3n) is 5.40. The van der Waals surface area contributed by atoms with Crippen LogP contribution in [-0.2, 0) is 32.6 Å². The molecule has 1 aromatic heterocycles. The zero-order valence-electron chi connectivity index (χ0n) is 15.5. The highest BCUT2D eigenvalue weighted by atomic mass is 32.2. The third kappa shape index (κ3) is 2.77. The van der Waals surface area contributed by atoms with Crippen LogP contribution in [0.15, 0.2) is 40.2 Å². The second kappa shape index (κ2) is 6.12. The number of nitrogens with one attached hydrogen (secondary N) is 1. The Balaban J connectivity index is 2.06. The highest BCUT2D eigenvalue weighted by molar-refractivity contribution is 7.90. The Hall–Kier alpha value is -2.75. The summed E-state index contributed by atoms with van der Waals surface area (Å²) in [4.78, 5) is 21.1. The highest BCUT2D eigenvalue weighted by Crippen LogP contribution is 2.49. The number of hydrogen-bond acceptors (Lipinski definition) is 5. The Kier molecular flexibility index (Phi) is 4.13. The van der Waals surface area contributed by atoms with Crippen molar-refractivity contribution in [3.05, 3.63) is 58.4 Å². The van der Waals surface area contributed by atoms with Gasteiger partial charge in [-0.05, 0) is 42.2 Å². The number of fused-ring (bicyclic) bond motifs is 4. The van der Waals surface area contributed by atoms with Gasteiger partial charge in [-0.25, -0.2) is 13.4 Å². The van der Waals surface area contributed by atoms with Gasteiger partial charge < -0.3 is 5.32 Å². The summed E-state index contributed by atoms with van der Waals surface area (Å²) in [7, 11) is -2.08. The van der Waals surface area contributed by atoms with E-state index in [4.69, 9.17) is 0 Å². The van der Waals surface area contributed by atoms with Gasteiger partial charge in [-0.2, -0.15) is 18.2 Å². The maximum absolute atomic E-state index is 13.4. The second-order valence-corrected chi connectivity index (χ2v) is 9.05. The van der Waals surface area contributed by atoms with Crippen molar-refractivity contribution < 1.29 is 26.4 Å². The molecule has 2 heterocycles. The van der Waals surface area contributed by atoms with E-state index in [1.54, 1.807) is 6.07 Å². The second-order valence-electron chi connectivity index (χ2n) is 7.07. The Labute approximate surface area is 164 Å². The predicted octanol–water partition coefficient (Wildman–Crippen LogP) is 2.24. The number of rotatable bonds is 1. The van der Waals surface area contributed by atoms with E-state index in [0.717, 1.165) is 12.3 Å². The van der Waals surface area contributed by atoms with Gasteiger partial charge in [-0.1, -0.05) is 12.1 Å². The molecular formula is C19H16F3N3O3S. The lowest BCUT2D eigenvalue weighted by Crippen LogP contribution is -2.43. The largest absolute Gasteiger partial charge is 0.433 e. The Morgan fingerprint density at radius 1 is 1.17 bits per heavy atom. The molecule has 1 spiro atoms. The van der Waals surface area contributed by atoms with E-state index in [9.17, 15) is 26.4 Å². The molecule has 0 saturated heterocycles. The molecule has 6 nitrogen and oxygen atoms in total. The van der Waals surface area contributed by atoms with E-state index in [-0.39, 0.29) is 34.8 Å². The van der Waals surface area contributed by atoms with E-state index in [1.165, 1.54) is 25.2 Å². The van der Waals surface area contributed by atoms with Gasteiger partial charge in [-0.3, -0.25) is 4.79 Å². The van der Waals surface area contributed by atoms with Gasteiger partial charge in [0.25, 0.3) is 5.91 Å². The summed E-state index contributed by atoms with van der Waals surface area (Å²) in [6.07, 6.45) is -3.33. The normalized spacial score (nSPS) is 21.0. The van der Waals surface area contributed by atoms with Crippen molar-refractivity contribution in [2.75, 3.05) is 13.3 Å². The molecule has 0 fully saturated rings. The van der Waals surface area contributed by atoms with E-state index >= 15 is 0 Å². The number of pyridine rings is 1. The van der Waals surface area contributed by atoms with Crippen molar-refractivity contribution in [3.63, 3.8) is 0 Å². The van der Waals surface area contributed by atoms with Crippen LogP contribution in [0, 0.1) is 0 Å². The first-order valence-electron chi connectivity index (χ1n) is 8.72. The number of aromatic nitrogens is 1. The van der Waals surface area contributed by atoms with Crippen LogP contribution in [0.25, 0.3) is 0 Å². The zero-order chi connectivity index (χ0) is 21.2. The molecule has 10 heteroatoms. The lowest BCUT2D eigenvalue weighted by Gasteiger charge is -2.32. The first kappa shape index (κ1) is 19.6. The van der Waals surface area contributed by atoms with E-state index in [2.05, 4.69) is 15.3 Å². The predicted molar refractivity (Wildman–Crippen MR) is 98.5 cm³/mol. The van der Waals surface area contributed by atoms with Crippen LogP contribution in [-0.4, -0.2) is 38.4 Å². The third-order valence-corrected chi connectivity index (χ3v) is 6.58. The molecule has 1 atom stereocenters. The minimum absolute atomic E-state index is 0.0546. The van der Waals surface area contributed by atoms with Gasteiger partial charge in [0, 0.05) is 18.9 Å². The van der Waals surface area contributed by atoms with Crippen LogP contribution in [0.3, 0.4) is 0 Å². The van der Waals surface area contributed by atoms with Gasteiger partial charge in [-0.15, -0.1) is 0 Å². The standard InChI is InChI=1S/C19H16F3N3O3S/c1-23-16-11-6-7-14(19(20,21)22)24-15(11)18(17(26)25-16)9-8-10-12(18)4-3-5-13(10)29(2,27)28/h3-7H,8-9H2,1-2H3,(H,23,25,26). The van der Waals surface area contributed by atoms with Gasteiger partial charge in [0.2, 0.25) is 0 Å². The molecule has 29 heavy (non-hydrogen) atoms. The fraction of sp³-hybridized carbons (Fsp3) is 0.316. The molecule has 1 aromatic carbocycles. The van der Waals surface area contributed by atoms with Crippen LogP contribution >= 0.6 is 0 Å². The molecule has 1 N–H and O–H groups in total. The van der Waals surface area contributed by atoms with E-state index in [1.807, 2.05) is 0 Å². The number of aliphatic imine (C=N–C) groups is 1. The van der Waals surface area contributed by atoms with Crippen LogP contribution in [0.4, 0.5) is 13.2 Å². The minimum atomic E-state index is -4.69.